The highest BCUT2D eigenvalue weighted by atomic mass is 16.5. The second-order valence-corrected chi connectivity index (χ2v) is 4.22. The van der Waals surface area contributed by atoms with Crippen LogP contribution in [0.2, 0.25) is 0 Å². The minimum Gasteiger partial charge on any atom is -0.481 e. The van der Waals surface area contributed by atoms with Crippen LogP contribution in [0.4, 0.5) is 0 Å². The molecule has 0 unspecified atom stereocenters. The Morgan fingerprint density at radius 1 is 1.50 bits per heavy atom. The topological polar surface area (TPSA) is 49.8 Å². The van der Waals surface area contributed by atoms with E-state index in [9.17, 15) is 4.79 Å². The summed E-state index contributed by atoms with van der Waals surface area (Å²) in [6.07, 6.45) is 3.43. The number of carbonyl (C=O) groups is 1. The minimum absolute atomic E-state index is 0.156. The largest absolute Gasteiger partial charge is 0.481 e. The summed E-state index contributed by atoms with van der Waals surface area (Å²) in [6, 6.07) is 0. The Hall–Kier alpha value is -0.610. The maximum atomic E-state index is 10.7. The lowest BCUT2D eigenvalue weighted by atomic mass is 10.1. The van der Waals surface area contributed by atoms with Crippen molar-refractivity contribution in [1.29, 1.82) is 0 Å². The number of carboxylic acid groups (broad SMARTS) is 1. The van der Waals surface area contributed by atoms with Crippen LogP contribution in [-0.2, 0) is 9.53 Å². The van der Waals surface area contributed by atoms with E-state index < -0.39 is 5.97 Å². The van der Waals surface area contributed by atoms with Gasteiger partial charge in [-0.15, -0.1) is 0 Å². The number of aliphatic carboxylic acids is 1. The molecule has 0 radical (unpaired) electrons. The molecule has 2 heterocycles. The Bertz CT molecular complexity index is 213. The zero-order chi connectivity index (χ0) is 9.97. The van der Waals surface area contributed by atoms with Gasteiger partial charge in [0.15, 0.2) is 0 Å². The molecule has 2 aliphatic heterocycles. The fraction of sp³-hybridized carbons (Fsp3) is 0.900. The fourth-order valence-electron chi connectivity index (χ4n) is 2.28. The lowest BCUT2D eigenvalue weighted by molar-refractivity contribution is -0.141. The van der Waals surface area contributed by atoms with Crippen molar-refractivity contribution in [2.75, 3.05) is 26.2 Å². The summed E-state index contributed by atoms with van der Waals surface area (Å²) < 4.78 is 5.52. The predicted octanol–water partition coefficient (Wildman–Crippen LogP) is 0.572. The number of carboxylic acids is 1. The van der Waals surface area contributed by atoms with Crippen LogP contribution < -0.4 is 0 Å². The second kappa shape index (κ2) is 4.28. The number of nitrogens with zero attached hydrogens (tertiary/aromatic N) is 1. The van der Waals surface area contributed by atoms with Gasteiger partial charge in [0.2, 0.25) is 0 Å². The van der Waals surface area contributed by atoms with E-state index in [0.717, 1.165) is 39.0 Å². The van der Waals surface area contributed by atoms with Crippen molar-refractivity contribution in [2.45, 2.75) is 25.4 Å². The maximum Gasteiger partial charge on any atom is 0.307 e. The third-order valence-electron chi connectivity index (χ3n) is 3.11. The van der Waals surface area contributed by atoms with Crippen LogP contribution in [-0.4, -0.2) is 48.3 Å². The third-order valence-corrected chi connectivity index (χ3v) is 3.11. The monoisotopic (exact) mass is 199 g/mol. The molecule has 0 bridgehead atoms. The van der Waals surface area contributed by atoms with Crippen LogP contribution in [0.5, 0.6) is 0 Å². The van der Waals surface area contributed by atoms with Crippen LogP contribution in [0.3, 0.4) is 0 Å². The molecule has 0 aromatic rings. The molecule has 4 nitrogen and oxygen atoms in total. The van der Waals surface area contributed by atoms with E-state index >= 15 is 0 Å². The minimum atomic E-state index is -0.653. The van der Waals surface area contributed by atoms with Gasteiger partial charge >= 0.3 is 5.97 Å². The van der Waals surface area contributed by atoms with Gasteiger partial charge in [0, 0.05) is 19.7 Å². The van der Waals surface area contributed by atoms with Gasteiger partial charge in [0.05, 0.1) is 12.0 Å². The number of likely N-dealkylation sites (tertiary alicyclic amines) is 1. The van der Waals surface area contributed by atoms with Gasteiger partial charge in [-0.25, -0.2) is 0 Å². The van der Waals surface area contributed by atoms with Crippen molar-refractivity contribution in [3.05, 3.63) is 0 Å². The summed E-state index contributed by atoms with van der Waals surface area (Å²) in [5, 5.41) is 8.83. The first kappa shape index (κ1) is 9.93. The van der Waals surface area contributed by atoms with Crippen LogP contribution in [0.25, 0.3) is 0 Å². The van der Waals surface area contributed by atoms with E-state index in [1.54, 1.807) is 0 Å². The van der Waals surface area contributed by atoms with Gasteiger partial charge in [0.1, 0.15) is 0 Å². The van der Waals surface area contributed by atoms with Gasteiger partial charge in [-0.1, -0.05) is 0 Å². The first-order valence-electron chi connectivity index (χ1n) is 5.32. The highest BCUT2D eigenvalue weighted by Gasteiger charge is 2.30. The molecular weight excluding hydrogens is 182 g/mol. The molecule has 0 aromatic heterocycles. The molecule has 4 heteroatoms. The van der Waals surface area contributed by atoms with Crippen LogP contribution >= 0.6 is 0 Å². The Labute approximate surface area is 83.8 Å². The fourth-order valence-corrected chi connectivity index (χ4v) is 2.28. The van der Waals surface area contributed by atoms with Crippen molar-refractivity contribution in [3.8, 4) is 0 Å². The number of hydrogen-bond donors (Lipinski definition) is 1. The molecule has 0 aromatic carbocycles. The summed E-state index contributed by atoms with van der Waals surface area (Å²) in [5.74, 6) is -0.809. The SMILES string of the molecule is O=C(O)[C@@H]1CCN(C[C@@H]2CCCO2)C1. The number of hydrogen-bond acceptors (Lipinski definition) is 3. The zero-order valence-corrected chi connectivity index (χ0v) is 8.32. The smallest absolute Gasteiger partial charge is 0.307 e. The van der Waals surface area contributed by atoms with Crippen LogP contribution in [0.1, 0.15) is 19.3 Å². The molecule has 2 rings (SSSR count). The molecule has 0 aliphatic carbocycles. The Balaban J connectivity index is 1.75. The molecule has 0 amide bonds. The molecule has 14 heavy (non-hydrogen) atoms. The quantitative estimate of drug-likeness (QED) is 0.722. The predicted molar refractivity (Wildman–Crippen MR) is 51.2 cm³/mol. The van der Waals surface area contributed by atoms with E-state index in [1.165, 1.54) is 0 Å². The Morgan fingerprint density at radius 3 is 2.93 bits per heavy atom. The highest BCUT2D eigenvalue weighted by Crippen LogP contribution is 2.20. The highest BCUT2D eigenvalue weighted by molar-refractivity contribution is 5.70. The number of rotatable bonds is 3. The summed E-state index contributed by atoms with van der Waals surface area (Å²) in [4.78, 5) is 12.9. The summed E-state index contributed by atoms with van der Waals surface area (Å²) in [5.41, 5.74) is 0. The summed E-state index contributed by atoms with van der Waals surface area (Å²) in [6.45, 7) is 3.41. The van der Waals surface area contributed by atoms with Gasteiger partial charge in [-0.05, 0) is 25.8 Å². The molecule has 0 saturated carbocycles. The van der Waals surface area contributed by atoms with Crippen molar-refractivity contribution >= 4 is 5.97 Å². The van der Waals surface area contributed by atoms with E-state index in [-0.39, 0.29) is 5.92 Å². The lowest BCUT2D eigenvalue weighted by Crippen LogP contribution is -2.31. The van der Waals surface area contributed by atoms with Gasteiger partial charge in [-0.2, -0.15) is 0 Å². The van der Waals surface area contributed by atoms with Gasteiger partial charge in [-0.3, -0.25) is 9.69 Å². The summed E-state index contributed by atoms with van der Waals surface area (Å²) >= 11 is 0. The van der Waals surface area contributed by atoms with E-state index in [0.29, 0.717) is 12.6 Å². The first-order valence-corrected chi connectivity index (χ1v) is 5.32. The second-order valence-electron chi connectivity index (χ2n) is 4.22. The first-order chi connectivity index (χ1) is 6.75. The van der Waals surface area contributed by atoms with E-state index in [2.05, 4.69) is 4.90 Å². The molecular formula is C10H17NO3. The average Bonchev–Trinajstić information content (AvgIpc) is 2.75. The van der Waals surface area contributed by atoms with Gasteiger partial charge in [0.25, 0.3) is 0 Å². The molecule has 0 spiro atoms. The Morgan fingerprint density at radius 2 is 2.36 bits per heavy atom. The van der Waals surface area contributed by atoms with Crippen LogP contribution in [0.15, 0.2) is 0 Å². The molecule has 1 N–H and O–H groups in total. The van der Waals surface area contributed by atoms with Gasteiger partial charge < -0.3 is 9.84 Å². The molecule has 2 atom stereocenters. The third kappa shape index (κ3) is 2.25. The zero-order valence-electron chi connectivity index (χ0n) is 8.32. The van der Waals surface area contributed by atoms with Crippen molar-refractivity contribution in [2.24, 2.45) is 5.92 Å². The molecule has 2 saturated heterocycles. The van der Waals surface area contributed by atoms with Crippen LogP contribution in [0, 0.1) is 5.92 Å². The maximum absolute atomic E-state index is 10.7. The Kier molecular flexibility index (Phi) is 3.03. The van der Waals surface area contributed by atoms with E-state index in [1.807, 2.05) is 0 Å². The molecule has 2 aliphatic rings. The number of ether oxygens (including phenoxy) is 1. The average molecular weight is 199 g/mol. The van der Waals surface area contributed by atoms with Crippen molar-refractivity contribution in [3.63, 3.8) is 0 Å². The molecule has 80 valence electrons. The standard InChI is InChI=1S/C10H17NO3/c12-10(13)8-3-4-11(6-8)7-9-2-1-5-14-9/h8-9H,1-7H2,(H,12,13)/t8-,9+/m1/s1. The van der Waals surface area contributed by atoms with E-state index in [4.69, 9.17) is 9.84 Å². The lowest BCUT2D eigenvalue weighted by Gasteiger charge is -2.19. The van der Waals surface area contributed by atoms with Crippen molar-refractivity contribution < 1.29 is 14.6 Å². The molecule has 2 fully saturated rings. The summed E-state index contributed by atoms with van der Waals surface area (Å²) in [7, 11) is 0. The van der Waals surface area contributed by atoms with Crippen molar-refractivity contribution in [1.82, 2.24) is 4.90 Å². The normalized spacial score (nSPS) is 33.7.